The van der Waals surface area contributed by atoms with Gasteiger partial charge in [-0.1, -0.05) is 18.2 Å². The normalized spacial score (nSPS) is 23.4. The van der Waals surface area contributed by atoms with Gasteiger partial charge in [-0.2, -0.15) is 4.31 Å². The second-order valence-corrected chi connectivity index (χ2v) is 9.41. The first-order chi connectivity index (χ1) is 13.4. The van der Waals surface area contributed by atoms with Crippen LogP contribution in [0.1, 0.15) is 21.9 Å². The molecule has 0 saturated carbocycles. The fraction of sp³-hybridized carbons (Fsp3) is 0.450. The van der Waals surface area contributed by atoms with Crippen LogP contribution in [0, 0.1) is 19.8 Å². The summed E-state index contributed by atoms with van der Waals surface area (Å²) in [7, 11) is -3.62. The van der Waals surface area contributed by atoms with Crippen LogP contribution < -0.4 is 0 Å². The molecule has 2 aliphatic rings. The van der Waals surface area contributed by atoms with Gasteiger partial charge in [0.05, 0.1) is 29.7 Å². The lowest BCUT2D eigenvalue weighted by atomic mass is 10.1. The number of ether oxygens (including phenoxy) is 1. The van der Waals surface area contributed by atoms with Gasteiger partial charge in [0.15, 0.2) is 0 Å². The summed E-state index contributed by atoms with van der Waals surface area (Å²) < 4.78 is 39.0. The third-order valence-electron chi connectivity index (χ3n) is 5.35. The molecule has 2 aliphatic heterocycles. The molecule has 0 spiro atoms. The minimum atomic E-state index is -3.62. The van der Waals surface area contributed by atoms with E-state index in [1.165, 1.54) is 4.31 Å². The molecule has 1 amide bonds. The van der Waals surface area contributed by atoms with Gasteiger partial charge in [-0.05, 0) is 32.0 Å². The van der Waals surface area contributed by atoms with Crippen molar-refractivity contribution in [2.45, 2.75) is 24.8 Å². The summed E-state index contributed by atoms with van der Waals surface area (Å²) in [5.74, 6) is 1.05. The molecule has 2 atom stereocenters. The largest absolute Gasteiger partial charge is 0.466 e. The zero-order valence-electron chi connectivity index (χ0n) is 16.0. The Balaban J connectivity index is 1.64. The fourth-order valence-electron chi connectivity index (χ4n) is 3.98. The molecule has 2 fully saturated rings. The average Bonchev–Trinajstić information content (AvgIpc) is 2.83. The Hall–Kier alpha value is -2.16. The summed E-state index contributed by atoms with van der Waals surface area (Å²) in [5.41, 5.74) is 0.530. The maximum Gasteiger partial charge on any atom is 0.257 e. The molecule has 2 bridgehead atoms. The molecule has 3 heterocycles. The number of benzene rings is 1. The van der Waals surface area contributed by atoms with Crippen molar-refractivity contribution in [2.24, 2.45) is 5.92 Å². The van der Waals surface area contributed by atoms with Gasteiger partial charge in [0.2, 0.25) is 10.0 Å². The van der Waals surface area contributed by atoms with Crippen molar-refractivity contribution in [3.63, 3.8) is 0 Å². The Labute approximate surface area is 164 Å². The van der Waals surface area contributed by atoms with Crippen LogP contribution in [0.15, 0.2) is 45.7 Å². The second kappa shape index (κ2) is 7.35. The number of aryl methyl sites for hydroxylation is 2. The van der Waals surface area contributed by atoms with Crippen molar-refractivity contribution in [1.29, 1.82) is 0 Å². The molecular formula is C20H24N2O5S. The Morgan fingerprint density at radius 1 is 1.07 bits per heavy atom. The number of hydrogen-bond donors (Lipinski definition) is 0. The Kier molecular flexibility index (Phi) is 5.03. The molecule has 2 aromatic rings. The molecular weight excluding hydrogens is 380 g/mol. The van der Waals surface area contributed by atoms with Gasteiger partial charge in [0.25, 0.3) is 5.91 Å². The van der Waals surface area contributed by atoms with Crippen LogP contribution in [0.2, 0.25) is 0 Å². The maximum atomic E-state index is 13.2. The van der Waals surface area contributed by atoms with E-state index in [1.54, 1.807) is 48.2 Å². The van der Waals surface area contributed by atoms with Crippen molar-refractivity contribution in [2.75, 3.05) is 32.8 Å². The average molecular weight is 404 g/mol. The van der Waals surface area contributed by atoms with E-state index < -0.39 is 10.0 Å². The zero-order chi connectivity index (χ0) is 19.9. The summed E-state index contributed by atoms with van der Waals surface area (Å²) in [6, 6.07) is 9.84. The van der Waals surface area contributed by atoms with Crippen LogP contribution in [-0.2, 0) is 14.8 Å². The third kappa shape index (κ3) is 3.47. The summed E-state index contributed by atoms with van der Waals surface area (Å²) in [6.07, 6.45) is 0. The lowest BCUT2D eigenvalue weighted by Crippen LogP contribution is -2.47. The van der Waals surface area contributed by atoms with E-state index in [1.807, 2.05) is 6.92 Å². The molecule has 28 heavy (non-hydrogen) atoms. The molecule has 0 unspecified atom stereocenters. The van der Waals surface area contributed by atoms with E-state index in [0.29, 0.717) is 43.4 Å². The molecule has 8 heteroatoms. The lowest BCUT2D eigenvalue weighted by molar-refractivity contribution is 0.0540. The summed E-state index contributed by atoms with van der Waals surface area (Å²) in [6.45, 7) is 5.35. The number of hydrogen-bond acceptors (Lipinski definition) is 5. The van der Waals surface area contributed by atoms with Crippen molar-refractivity contribution < 1.29 is 22.4 Å². The molecule has 7 nitrogen and oxygen atoms in total. The van der Waals surface area contributed by atoms with Crippen LogP contribution in [0.3, 0.4) is 0 Å². The van der Waals surface area contributed by atoms with Gasteiger partial charge < -0.3 is 14.1 Å². The van der Waals surface area contributed by atoms with E-state index in [9.17, 15) is 13.2 Å². The van der Waals surface area contributed by atoms with E-state index in [0.717, 1.165) is 0 Å². The first kappa shape index (κ1) is 19.2. The predicted octanol–water partition coefficient (Wildman–Crippen LogP) is 2.06. The van der Waals surface area contributed by atoms with Crippen LogP contribution >= 0.6 is 0 Å². The number of rotatable bonds is 3. The Morgan fingerprint density at radius 3 is 2.50 bits per heavy atom. The third-order valence-corrected chi connectivity index (χ3v) is 7.19. The lowest BCUT2D eigenvalue weighted by Gasteiger charge is -2.30. The highest BCUT2D eigenvalue weighted by Gasteiger charge is 2.40. The van der Waals surface area contributed by atoms with Gasteiger partial charge in [-0.15, -0.1) is 0 Å². The topological polar surface area (TPSA) is 80.1 Å². The highest BCUT2D eigenvalue weighted by molar-refractivity contribution is 7.89. The van der Waals surface area contributed by atoms with Gasteiger partial charge in [-0.3, -0.25) is 4.79 Å². The predicted molar refractivity (Wildman–Crippen MR) is 103 cm³/mol. The zero-order valence-corrected chi connectivity index (χ0v) is 16.8. The van der Waals surface area contributed by atoms with Crippen LogP contribution in [0.25, 0.3) is 0 Å². The molecule has 0 radical (unpaired) electrons. The van der Waals surface area contributed by atoms with E-state index in [-0.39, 0.29) is 29.3 Å². The number of furan rings is 1. The van der Waals surface area contributed by atoms with Crippen molar-refractivity contribution >= 4 is 15.9 Å². The number of carbonyl (C=O) groups excluding carboxylic acids is 1. The molecule has 0 aliphatic carbocycles. The van der Waals surface area contributed by atoms with Crippen molar-refractivity contribution in [1.82, 2.24) is 9.21 Å². The number of carbonyl (C=O) groups is 1. The summed E-state index contributed by atoms with van der Waals surface area (Å²) in [5, 5.41) is 0. The SMILES string of the molecule is Cc1cc(C(=O)N2C[C@H]3COC[C@@H]2CN(S(=O)(=O)c2ccccc2)C3)c(C)o1. The summed E-state index contributed by atoms with van der Waals surface area (Å²) in [4.78, 5) is 15.2. The molecule has 150 valence electrons. The molecule has 1 aromatic heterocycles. The standard InChI is InChI=1S/C20H24N2O5S/c1-14-8-19(15(2)27-14)20(23)22-10-16-9-21(11-17(22)13-26-12-16)28(24,25)18-6-4-3-5-7-18/h3-8,16-17H,9-13H2,1-2H3/t16-,17-/m0/s1. The second-order valence-electron chi connectivity index (χ2n) is 7.48. The number of amides is 1. The highest BCUT2D eigenvalue weighted by Crippen LogP contribution is 2.27. The van der Waals surface area contributed by atoms with E-state index >= 15 is 0 Å². The molecule has 4 rings (SSSR count). The van der Waals surface area contributed by atoms with Crippen molar-refractivity contribution in [3.8, 4) is 0 Å². The number of fused-ring (bicyclic) bond motifs is 3. The maximum absolute atomic E-state index is 13.2. The van der Waals surface area contributed by atoms with Crippen molar-refractivity contribution in [3.05, 3.63) is 53.5 Å². The molecule has 1 aromatic carbocycles. The van der Waals surface area contributed by atoms with E-state index in [2.05, 4.69) is 0 Å². The number of nitrogens with zero attached hydrogens (tertiary/aromatic N) is 2. The first-order valence-corrected chi connectivity index (χ1v) is 10.8. The van der Waals surface area contributed by atoms with Crippen LogP contribution in [0.4, 0.5) is 0 Å². The van der Waals surface area contributed by atoms with Crippen LogP contribution in [-0.4, -0.2) is 62.4 Å². The van der Waals surface area contributed by atoms with Gasteiger partial charge in [0.1, 0.15) is 11.5 Å². The smallest absolute Gasteiger partial charge is 0.257 e. The summed E-state index contributed by atoms with van der Waals surface area (Å²) >= 11 is 0. The molecule has 0 N–H and O–H groups in total. The highest BCUT2D eigenvalue weighted by atomic mass is 32.2. The monoisotopic (exact) mass is 404 g/mol. The van der Waals surface area contributed by atoms with Gasteiger partial charge >= 0.3 is 0 Å². The minimum absolute atomic E-state index is 0.0803. The quantitative estimate of drug-likeness (QED) is 0.782. The minimum Gasteiger partial charge on any atom is -0.466 e. The Morgan fingerprint density at radius 2 is 1.82 bits per heavy atom. The van der Waals surface area contributed by atoms with Gasteiger partial charge in [0, 0.05) is 25.6 Å². The first-order valence-electron chi connectivity index (χ1n) is 9.37. The van der Waals surface area contributed by atoms with Crippen LogP contribution in [0.5, 0.6) is 0 Å². The Bertz CT molecular complexity index is 970. The fourth-order valence-corrected chi connectivity index (χ4v) is 5.56. The van der Waals surface area contributed by atoms with E-state index in [4.69, 9.17) is 9.15 Å². The molecule has 2 saturated heterocycles. The number of sulfonamides is 1. The van der Waals surface area contributed by atoms with Gasteiger partial charge in [-0.25, -0.2) is 8.42 Å².